The molecule has 0 bridgehead atoms. The highest BCUT2D eigenvalue weighted by atomic mass is 16.5. The number of rotatable bonds is 4. The SMILES string of the molecule is COc1cc2c(cc1OC)CN(c1nnc(-c3ccccc3)c3ccccc13)CC2. The van der Waals surface area contributed by atoms with Gasteiger partial charge < -0.3 is 14.4 Å². The van der Waals surface area contributed by atoms with Crippen LogP contribution in [0.3, 0.4) is 0 Å². The molecule has 4 aromatic rings. The summed E-state index contributed by atoms with van der Waals surface area (Å²) in [5.74, 6) is 2.46. The van der Waals surface area contributed by atoms with Crippen molar-refractivity contribution >= 4 is 16.6 Å². The zero-order valence-electron chi connectivity index (χ0n) is 17.1. The molecule has 0 radical (unpaired) electrons. The fourth-order valence-electron chi connectivity index (χ4n) is 4.20. The largest absolute Gasteiger partial charge is 0.493 e. The van der Waals surface area contributed by atoms with Gasteiger partial charge in [0.25, 0.3) is 0 Å². The minimum Gasteiger partial charge on any atom is -0.493 e. The van der Waals surface area contributed by atoms with Crippen LogP contribution in [0.1, 0.15) is 11.1 Å². The molecule has 1 aromatic heterocycles. The Labute approximate surface area is 175 Å². The molecule has 0 saturated carbocycles. The van der Waals surface area contributed by atoms with Crippen LogP contribution in [-0.2, 0) is 13.0 Å². The number of fused-ring (bicyclic) bond motifs is 2. The van der Waals surface area contributed by atoms with Gasteiger partial charge in [0, 0.05) is 29.4 Å². The molecule has 0 fully saturated rings. The van der Waals surface area contributed by atoms with Crippen molar-refractivity contribution in [1.29, 1.82) is 0 Å². The lowest BCUT2D eigenvalue weighted by atomic mass is 9.98. The zero-order valence-corrected chi connectivity index (χ0v) is 17.1. The Balaban J connectivity index is 1.57. The molecule has 0 amide bonds. The average molecular weight is 397 g/mol. The molecule has 0 N–H and O–H groups in total. The molecule has 1 aliphatic rings. The zero-order chi connectivity index (χ0) is 20.5. The summed E-state index contributed by atoms with van der Waals surface area (Å²) < 4.78 is 11.0. The van der Waals surface area contributed by atoms with Crippen LogP contribution in [0.15, 0.2) is 66.7 Å². The van der Waals surface area contributed by atoms with Gasteiger partial charge in [-0.3, -0.25) is 0 Å². The van der Waals surface area contributed by atoms with Gasteiger partial charge in [-0.2, -0.15) is 0 Å². The van der Waals surface area contributed by atoms with Crippen molar-refractivity contribution in [2.45, 2.75) is 13.0 Å². The van der Waals surface area contributed by atoms with Gasteiger partial charge in [-0.05, 0) is 29.7 Å². The molecule has 5 rings (SSSR count). The maximum Gasteiger partial charge on any atom is 0.161 e. The van der Waals surface area contributed by atoms with Gasteiger partial charge in [-0.15, -0.1) is 10.2 Å². The number of ether oxygens (including phenoxy) is 2. The van der Waals surface area contributed by atoms with Gasteiger partial charge in [0.1, 0.15) is 5.69 Å². The second-order valence-corrected chi connectivity index (χ2v) is 7.43. The first-order chi connectivity index (χ1) is 14.8. The minimum absolute atomic E-state index is 0.758. The van der Waals surface area contributed by atoms with Gasteiger partial charge in [0.2, 0.25) is 0 Å². The normalized spacial score (nSPS) is 13.2. The number of methoxy groups -OCH3 is 2. The van der Waals surface area contributed by atoms with Gasteiger partial charge in [0.05, 0.1) is 14.2 Å². The molecule has 2 heterocycles. The van der Waals surface area contributed by atoms with Crippen LogP contribution >= 0.6 is 0 Å². The quantitative estimate of drug-likeness (QED) is 0.491. The molecule has 0 saturated heterocycles. The molecular weight excluding hydrogens is 374 g/mol. The van der Waals surface area contributed by atoms with E-state index in [1.807, 2.05) is 18.2 Å². The van der Waals surface area contributed by atoms with Crippen LogP contribution in [0.5, 0.6) is 11.5 Å². The van der Waals surface area contributed by atoms with E-state index in [-0.39, 0.29) is 0 Å². The molecule has 1 aliphatic heterocycles. The first-order valence-electron chi connectivity index (χ1n) is 10.1. The maximum atomic E-state index is 5.51. The predicted molar refractivity (Wildman–Crippen MR) is 119 cm³/mol. The van der Waals surface area contributed by atoms with Gasteiger partial charge in [0.15, 0.2) is 17.3 Å². The fourth-order valence-corrected chi connectivity index (χ4v) is 4.20. The van der Waals surface area contributed by atoms with Crippen LogP contribution in [0, 0.1) is 0 Å². The second kappa shape index (κ2) is 7.67. The first-order valence-corrected chi connectivity index (χ1v) is 10.1. The molecule has 0 aliphatic carbocycles. The van der Waals surface area contributed by atoms with E-state index in [9.17, 15) is 0 Å². The monoisotopic (exact) mass is 397 g/mol. The molecule has 3 aromatic carbocycles. The number of aromatic nitrogens is 2. The Kier molecular flexibility index (Phi) is 4.71. The molecule has 0 unspecified atom stereocenters. The van der Waals surface area contributed by atoms with E-state index in [0.717, 1.165) is 58.9 Å². The molecule has 150 valence electrons. The summed E-state index contributed by atoms with van der Waals surface area (Å²) in [6, 6.07) is 22.8. The highest BCUT2D eigenvalue weighted by Gasteiger charge is 2.23. The van der Waals surface area contributed by atoms with Crippen LogP contribution in [-0.4, -0.2) is 31.0 Å². The Bertz CT molecular complexity index is 1210. The maximum absolute atomic E-state index is 5.51. The molecular formula is C25H23N3O2. The summed E-state index contributed by atoms with van der Waals surface area (Å²) in [7, 11) is 3.35. The lowest BCUT2D eigenvalue weighted by Crippen LogP contribution is -2.31. The van der Waals surface area contributed by atoms with Crippen LogP contribution in [0.2, 0.25) is 0 Å². The summed E-state index contributed by atoms with van der Waals surface area (Å²) in [5, 5.41) is 11.5. The van der Waals surface area contributed by atoms with Crippen molar-refractivity contribution in [3.05, 3.63) is 77.9 Å². The molecule has 30 heavy (non-hydrogen) atoms. The predicted octanol–water partition coefficient (Wildman–Crippen LogP) is 4.88. The van der Waals surface area contributed by atoms with E-state index in [1.54, 1.807) is 14.2 Å². The summed E-state index contributed by atoms with van der Waals surface area (Å²) >= 11 is 0. The Hall–Kier alpha value is -3.60. The lowest BCUT2D eigenvalue weighted by molar-refractivity contribution is 0.353. The fraction of sp³-hybridized carbons (Fsp3) is 0.200. The summed E-state index contributed by atoms with van der Waals surface area (Å²) in [6.07, 6.45) is 0.923. The standard InChI is InChI=1S/C25H23N3O2/c1-29-22-14-18-12-13-28(16-19(18)15-23(22)30-2)25-21-11-7-6-10-20(21)24(26-27-25)17-8-4-3-5-9-17/h3-11,14-15H,12-13,16H2,1-2H3. The number of anilines is 1. The molecule has 5 nitrogen and oxygen atoms in total. The topological polar surface area (TPSA) is 47.5 Å². The summed E-state index contributed by atoms with van der Waals surface area (Å²) in [6.45, 7) is 1.64. The molecule has 0 spiro atoms. The second-order valence-electron chi connectivity index (χ2n) is 7.43. The Morgan fingerprint density at radius 2 is 1.43 bits per heavy atom. The summed E-state index contributed by atoms with van der Waals surface area (Å²) in [5.41, 5.74) is 4.52. The van der Waals surface area contributed by atoms with Crippen molar-refractivity contribution in [3.8, 4) is 22.8 Å². The van der Waals surface area contributed by atoms with Crippen molar-refractivity contribution < 1.29 is 9.47 Å². The minimum atomic E-state index is 0.758. The highest BCUT2D eigenvalue weighted by molar-refractivity contribution is 6.00. The Morgan fingerprint density at radius 1 is 0.767 bits per heavy atom. The number of hydrogen-bond acceptors (Lipinski definition) is 5. The third-order valence-electron chi connectivity index (χ3n) is 5.73. The van der Waals surface area contributed by atoms with Crippen molar-refractivity contribution in [2.75, 3.05) is 25.7 Å². The van der Waals surface area contributed by atoms with E-state index in [2.05, 4.69) is 63.6 Å². The molecule has 5 heteroatoms. The van der Waals surface area contributed by atoms with E-state index in [1.165, 1.54) is 11.1 Å². The van der Waals surface area contributed by atoms with E-state index in [4.69, 9.17) is 9.47 Å². The summed E-state index contributed by atoms with van der Waals surface area (Å²) in [4.78, 5) is 2.30. The highest BCUT2D eigenvalue weighted by Crippen LogP contribution is 2.36. The Morgan fingerprint density at radius 3 is 2.17 bits per heavy atom. The number of benzene rings is 3. The third-order valence-corrected chi connectivity index (χ3v) is 5.73. The first kappa shape index (κ1) is 18.4. The van der Waals surface area contributed by atoms with E-state index >= 15 is 0 Å². The number of nitrogens with zero attached hydrogens (tertiary/aromatic N) is 3. The average Bonchev–Trinajstić information content (AvgIpc) is 2.82. The van der Waals surface area contributed by atoms with E-state index < -0.39 is 0 Å². The van der Waals surface area contributed by atoms with Gasteiger partial charge >= 0.3 is 0 Å². The van der Waals surface area contributed by atoms with E-state index in [0.29, 0.717) is 0 Å². The molecule has 0 atom stereocenters. The lowest BCUT2D eigenvalue weighted by Gasteiger charge is -2.31. The third kappa shape index (κ3) is 3.12. The smallest absolute Gasteiger partial charge is 0.161 e. The van der Waals surface area contributed by atoms with Gasteiger partial charge in [-0.25, -0.2) is 0 Å². The van der Waals surface area contributed by atoms with Crippen molar-refractivity contribution in [2.24, 2.45) is 0 Å². The van der Waals surface area contributed by atoms with Crippen LogP contribution in [0.4, 0.5) is 5.82 Å². The van der Waals surface area contributed by atoms with Crippen molar-refractivity contribution in [3.63, 3.8) is 0 Å². The van der Waals surface area contributed by atoms with Crippen molar-refractivity contribution in [1.82, 2.24) is 10.2 Å². The van der Waals surface area contributed by atoms with Gasteiger partial charge in [-0.1, -0.05) is 54.6 Å². The van der Waals surface area contributed by atoms with Crippen LogP contribution < -0.4 is 14.4 Å². The van der Waals surface area contributed by atoms with Crippen LogP contribution in [0.25, 0.3) is 22.0 Å². The number of hydrogen-bond donors (Lipinski definition) is 0.